The van der Waals surface area contributed by atoms with Gasteiger partial charge >= 0.3 is 0 Å². The van der Waals surface area contributed by atoms with Crippen LogP contribution >= 0.6 is 24.0 Å². The molecule has 0 radical (unpaired) electrons. The molecular formula is C23H31IN4O2. The topological polar surface area (TPSA) is 72.1 Å². The van der Waals surface area contributed by atoms with Gasteiger partial charge in [-0.3, -0.25) is 9.89 Å². The molecule has 4 rings (SSSR count). The van der Waals surface area contributed by atoms with Crippen molar-refractivity contribution in [3.63, 3.8) is 0 Å². The van der Waals surface area contributed by atoms with Gasteiger partial charge in [-0.15, -0.1) is 24.0 Å². The van der Waals surface area contributed by atoms with Crippen LogP contribution in [0.25, 0.3) is 0 Å². The first kappa shape index (κ1) is 22.8. The fraction of sp³-hybridized carbons (Fsp3) is 0.435. The molecule has 6 nitrogen and oxygen atoms in total. The lowest BCUT2D eigenvalue weighted by atomic mass is 9.88. The first-order chi connectivity index (χ1) is 14.2. The standard InChI is InChI=1S/C23H30N4O2.HI/c24-22(25-18-23(11-15-28-16-12-23)27-13-4-5-14-27)26-19-7-6-10-21(17-19)29-20-8-2-1-3-9-20;/h1-3,6-10,17H,4-5,11-16,18H2,(H3,24,25,26);1H. The van der Waals surface area contributed by atoms with E-state index in [0.29, 0.717) is 12.5 Å². The summed E-state index contributed by atoms with van der Waals surface area (Å²) in [6.45, 7) is 4.62. The smallest absolute Gasteiger partial charge is 0.193 e. The summed E-state index contributed by atoms with van der Waals surface area (Å²) in [6, 6.07) is 17.5. The van der Waals surface area contributed by atoms with Crippen LogP contribution in [0.3, 0.4) is 0 Å². The van der Waals surface area contributed by atoms with Gasteiger partial charge in [0.25, 0.3) is 0 Å². The normalized spacial score (nSPS) is 19.1. The number of guanidine groups is 1. The van der Waals surface area contributed by atoms with Crippen molar-refractivity contribution in [1.82, 2.24) is 4.90 Å². The molecule has 0 unspecified atom stereocenters. The van der Waals surface area contributed by atoms with E-state index < -0.39 is 0 Å². The van der Waals surface area contributed by atoms with Gasteiger partial charge in [-0.05, 0) is 63.0 Å². The maximum Gasteiger partial charge on any atom is 0.193 e. The number of ether oxygens (including phenoxy) is 2. The predicted octanol–water partition coefficient (Wildman–Crippen LogP) is 4.47. The highest BCUT2D eigenvalue weighted by Gasteiger charge is 2.39. The Hall–Kier alpha value is -1.84. The summed E-state index contributed by atoms with van der Waals surface area (Å²) in [5, 5.41) is 3.21. The fourth-order valence-electron chi connectivity index (χ4n) is 4.20. The van der Waals surface area contributed by atoms with Crippen LogP contribution in [-0.2, 0) is 4.74 Å². The number of anilines is 1. The van der Waals surface area contributed by atoms with Crippen LogP contribution in [0, 0.1) is 0 Å². The minimum absolute atomic E-state index is 0. The van der Waals surface area contributed by atoms with Gasteiger partial charge in [-0.1, -0.05) is 24.3 Å². The third-order valence-electron chi connectivity index (χ3n) is 5.83. The van der Waals surface area contributed by atoms with Crippen molar-refractivity contribution in [3.8, 4) is 11.5 Å². The van der Waals surface area contributed by atoms with Crippen molar-refractivity contribution in [3.05, 3.63) is 54.6 Å². The third kappa shape index (κ3) is 5.86. The number of halogens is 1. The monoisotopic (exact) mass is 522 g/mol. The van der Waals surface area contributed by atoms with Gasteiger partial charge in [0.05, 0.1) is 6.54 Å². The first-order valence-corrected chi connectivity index (χ1v) is 10.5. The molecule has 2 aromatic carbocycles. The summed E-state index contributed by atoms with van der Waals surface area (Å²) in [6.07, 6.45) is 4.58. The van der Waals surface area contributed by atoms with E-state index in [9.17, 15) is 0 Å². The molecule has 3 N–H and O–H groups in total. The van der Waals surface area contributed by atoms with Crippen LogP contribution in [0.15, 0.2) is 59.6 Å². The lowest BCUT2D eigenvalue weighted by molar-refractivity contribution is -0.0138. The van der Waals surface area contributed by atoms with E-state index >= 15 is 0 Å². The van der Waals surface area contributed by atoms with Gasteiger partial charge in [0, 0.05) is 30.5 Å². The molecule has 0 atom stereocenters. The Morgan fingerprint density at radius 1 is 1.03 bits per heavy atom. The zero-order valence-electron chi connectivity index (χ0n) is 17.3. The molecule has 2 aromatic rings. The van der Waals surface area contributed by atoms with Crippen LogP contribution in [-0.4, -0.2) is 49.2 Å². The van der Waals surface area contributed by atoms with Crippen molar-refractivity contribution in [2.75, 3.05) is 38.2 Å². The van der Waals surface area contributed by atoms with Crippen molar-refractivity contribution in [1.29, 1.82) is 0 Å². The van der Waals surface area contributed by atoms with Crippen LogP contribution in [0.4, 0.5) is 5.69 Å². The molecule has 0 bridgehead atoms. The summed E-state index contributed by atoms with van der Waals surface area (Å²) in [5.41, 5.74) is 7.18. The second-order valence-electron chi connectivity index (χ2n) is 7.80. The molecule has 0 aliphatic carbocycles. The van der Waals surface area contributed by atoms with E-state index in [1.54, 1.807) is 0 Å². The Morgan fingerprint density at radius 2 is 1.73 bits per heavy atom. The Labute approximate surface area is 195 Å². The van der Waals surface area contributed by atoms with Crippen LogP contribution in [0.1, 0.15) is 25.7 Å². The van der Waals surface area contributed by atoms with E-state index in [4.69, 9.17) is 20.2 Å². The third-order valence-corrected chi connectivity index (χ3v) is 5.83. The number of benzene rings is 2. The number of hydrogen-bond acceptors (Lipinski definition) is 4. The van der Waals surface area contributed by atoms with E-state index in [1.807, 2.05) is 54.6 Å². The van der Waals surface area contributed by atoms with Gasteiger partial charge in [0.15, 0.2) is 5.96 Å². The van der Waals surface area contributed by atoms with Gasteiger partial charge in [0.1, 0.15) is 11.5 Å². The molecule has 0 saturated carbocycles. The second kappa shape index (κ2) is 11.0. The Bertz CT molecular complexity index is 819. The largest absolute Gasteiger partial charge is 0.457 e. The molecule has 2 aliphatic rings. The molecule has 0 amide bonds. The minimum atomic E-state index is 0. The number of aliphatic imine (C=N–C) groups is 1. The summed E-state index contributed by atoms with van der Waals surface area (Å²) in [4.78, 5) is 7.32. The quantitative estimate of drug-likeness (QED) is 0.333. The summed E-state index contributed by atoms with van der Waals surface area (Å²) < 4.78 is 11.5. The van der Waals surface area contributed by atoms with Gasteiger partial charge in [0.2, 0.25) is 0 Å². The number of hydrogen-bond donors (Lipinski definition) is 2. The highest BCUT2D eigenvalue weighted by molar-refractivity contribution is 14.0. The molecule has 2 fully saturated rings. The van der Waals surface area contributed by atoms with Crippen molar-refractivity contribution in [2.45, 2.75) is 31.2 Å². The van der Waals surface area contributed by atoms with Gasteiger partial charge < -0.3 is 20.5 Å². The molecule has 0 spiro atoms. The van der Waals surface area contributed by atoms with Gasteiger partial charge in [-0.2, -0.15) is 0 Å². The molecule has 30 heavy (non-hydrogen) atoms. The molecule has 162 valence electrons. The lowest BCUT2D eigenvalue weighted by Crippen LogP contribution is -2.53. The van der Waals surface area contributed by atoms with Gasteiger partial charge in [-0.25, -0.2) is 0 Å². The SMILES string of the molecule is I.NC(=NCC1(N2CCCC2)CCOCC1)Nc1cccc(Oc2ccccc2)c1. The maximum absolute atomic E-state index is 6.23. The average Bonchev–Trinajstić information content (AvgIpc) is 3.30. The Morgan fingerprint density at radius 3 is 2.47 bits per heavy atom. The van der Waals surface area contributed by atoms with Crippen molar-refractivity contribution in [2.24, 2.45) is 10.7 Å². The van der Waals surface area contributed by atoms with E-state index in [1.165, 1.54) is 12.8 Å². The number of likely N-dealkylation sites (tertiary alicyclic amines) is 1. The number of nitrogens with zero attached hydrogens (tertiary/aromatic N) is 2. The number of para-hydroxylation sites is 1. The van der Waals surface area contributed by atoms with Crippen molar-refractivity contribution < 1.29 is 9.47 Å². The molecule has 2 aliphatic heterocycles. The van der Waals surface area contributed by atoms with Crippen LogP contribution < -0.4 is 15.8 Å². The fourth-order valence-corrected chi connectivity index (χ4v) is 4.20. The zero-order chi connectivity index (χ0) is 19.9. The summed E-state index contributed by atoms with van der Waals surface area (Å²) in [7, 11) is 0. The van der Waals surface area contributed by atoms with Crippen molar-refractivity contribution >= 4 is 35.6 Å². The Balaban J connectivity index is 0.00000256. The number of nitrogens with two attached hydrogens (primary N) is 1. The molecular weight excluding hydrogens is 491 g/mol. The molecule has 2 heterocycles. The summed E-state index contributed by atoms with van der Waals surface area (Å²) in [5.74, 6) is 2.00. The second-order valence-corrected chi connectivity index (χ2v) is 7.80. The zero-order valence-corrected chi connectivity index (χ0v) is 19.6. The molecule has 2 saturated heterocycles. The lowest BCUT2D eigenvalue weighted by Gasteiger charge is -2.43. The number of rotatable bonds is 6. The van der Waals surface area contributed by atoms with Crippen LogP contribution in [0.2, 0.25) is 0 Å². The first-order valence-electron chi connectivity index (χ1n) is 10.5. The molecule has 0 aromatic heterocycles. The highest BCUT2D eigenvalue weighted by Crippen LogP contribution is 2.31. The maximum atomic E-state index is 6.23. The highest BCUT2D eigenvalue weighted by atomic mass is 127. The van der Waals surface area contributed by atoms with E-state index in [2.05, 4.69) is 10.2 Å². The predicted molar refractivity (Wildman–Crippen MR) is 132 cm³/mol. The number of nitrogens with one attached hydrogen (secondary N) is 1. The van der Waals surface area contributed by atoms with Crippen LogP contribution in [0.5, 0.6) is 11.5 Å². The average molecular weight is 522 g/mol. The summed E-state index contributed by atoms with van der Waals surface area (Å²) >= 11 is 0. The molecule has 7 heteroatoms. The minimum Gasteiger partial charge on any atom is -0.457 e. The van der Waals surface area contributed by atoms with E-state index in [0.717, 1.165) is 56.3 Å². The van der Waals surface area contributed by atoms with E-state index in [-0.39, 0.29) is 29.5 Å². The Kier molecular flexibility index (Phi) is 8.35.